The van der Waals surface area contributed by atoms with E-state index in [2.05, 4.69) is 0 Å². The van der Waals surface area contributed by atoms with Crippen LogP contribution < -0.4 is 0 Å². The molecular weight excluding hydrogens is 290 g/mol. The first-order valence-electron chi connectivity index (χ1n) is 6.32. The van der Waals surface area contributed by atoms with Crippen LogP contribution in [0.2, 0.25) is 5.02 Å². The van der Waals surface area contributed by atoms with E-state index >= 15 is 0 Å². The number of hydrogen-bond acceptors (Lipinski definition) is 3. The molecule has 0 radical (unpaired) electrons. The molecule has 1 aliphatic heterocycles. The number of carbonyl (C=O) groups excluding carboxylic acids is 3. The second-order valence-corrected chi connectivity index (χ2v) is 5.13. The van der Waals surface area contributed by atoms with Gasteiger partial charge in [-0.3, -0.25) is 19.3 Å². The fraction of sp³-hybridized carbons (Fsp3) is 0.0625. The third kappa shape index (κ3) is 2.34. The van der Waals surface area contributed by atoms with Gasteiger partial charge in [-0.25, -0.2) is 0 Å². The Balaban J connectivity index is 1.97. The highest BCUT2D eigenvalue weighted by atomic mass is 35.5. The van der Waals surface area contributed by atoms with E-state index in [9.17, 15) is 14.4 Å². The lowest BCUT2D eigenvalue weighted by molar-refractivity contribution is -0.124. The zero-order chi connectivity index (χ0) is 15.0. The Morgan fingerprint density at radius 2 is 1.43 bits per heavy atom. The maximum absolute atomic E-state index is 12.4. The van der Waals surface area contributed by atoms with Gasteiger partial charge in [-0.05, 0) is 23.8 Å². The molecule has 0 fully saturated rings. The van der Waals surface area contributed by atoms with Crippen LogP contribution in [-0.2, 0) is 11.3 Å². The molecule has 5 heteroatoms. The van der Waals surface area contributed by atoms with Crippen LogP contribution in [0, 0.1) is 0 Å². The molecule has 2 aromatic carbocycles. The fourth-order valence-corrected chi connectivity index (χ4v) is 2.39. The summed E-state index contributed by atoms with van der Waals surface area (Å²) in [5.74, 6) is -1.90. The number of fused-ring (bicyclic) bond motifs is 1. The van der Waals surface area contributed by atoms with Gasteiger partial charge in [0.05, 0.1) is 12.1 Å². The van der Waals surface area contributed by atoms with Crippen molar-refractivity contribution in [3.05, 3.63) is 70.2 Å². The van der Waals surface area contributed by atoms with Gasteiger partial charge in [-0.15, -0.1) is 0 Å². The van der Waals surface area contributed by atoms with E-state index in [0.717, 1.165) is 10.5 Å². The lowest BCUT2D eigenvalue weighted by atomic mass is 9.97. The highest BCUT2D eigenvalue weighted by Crippen LogP contribution is 2.22. The number of imide groups is 1. The van der Waals surface area contributed by atoms with Gasteiger partial charge in [-0.1, -0.05) is 41.9 Å². The third-order valence-electron chi connectivity index (χ3n) is 3.34. The van der Waals surface area contributed by atoms with Crippen molar-refractivity contribution in [1.82, 2.24) is 4.90 Å². The zero-order valence-corrected chi connectivity index (χ0v) is 11.6. The maximum atomic E-state index is 12.4. The molecule has 0 spiro atoms. The Labute approximate surface area is 125 Å². The van der Waals surface area contributed by atoms with Crippen LogP contribution in [0.4, 0.5) is 0 Å². The molecule has 2 amide bonds. The summed E-state index contributed by atoms with van der Waals surface area (Å²) >= 11 is 5.80. The second kappa shape index (κ2) is 5.14. The number of benzene rings is 2. The number of amides is 2. The predicted octanol–water partition coefficient (Wildman–Crippen LogP) is 2.71. The smallest absolute Gasteiger partial charge is 0.283 e. The SMILES string of the molecule is O=C1C(=O)N(Cc2ccc(Cl)cc2)C(=O)c2ccccc21. The van der Waals surface area contributed by atoms with Crippen molar-refractivity contribution >= 4 is 29.2 Å². The molecule has 0 atom stereocenters. The largest absolute Gasteiger partial charge is 0.302 e. The molecule has 104 valence electrons. The summed E-state index contributed by atoms with van der Waals surface area (Å²) in [6.07, 6.45) is 0. The minimum absolute atomic E-state index is 0.0505. The lowest BCUT2D eigenvalue weighted by Crippen LogP contribution is -2.45. The van der Waals surface area contributed by atoms with Crippen molar-refractivity contribution in [2.24, 2.45) is 0 Å². The average molecular weight is 300 g/mol. The first kappa shape index (κ1) is 13.5. The number of carbonyl (C=O) groups is 3. The van der Waals surface area contributed by atoms with E-state index in [1.54, 1.807) is 42.5 Å². The highest BCUT2D eigenvalue weighted by Gasteiger charge is 2.37. The minimum atomic E-state index is -0.798. The van der Waals surface area contributed by atoms with Crippen molar-refractivity contribution in [2.45, 2.75) is 6.54 Å². The summed E-state index contributed by atoms with van der Waals surface area (Å²) in [5, 5.41) is 0.566. The number of Topliss-reactive ketones (excluding diaryl/α,β-unsaturated/α-hetero) is 1. The monoisotopic (exact) mass is 299 g/mol. The van der Waals surface area contributed by atoms with Crippen molar-refractivity contribution < 1.29 is 14.4 Å². The van der Waals surface area contributed by atoms with Gasteiger partial charge >= 0.3 is 5.91 Å². The summed E-state index contributed by atoms with van der Waals surface area (Å²) in [5.41, 5.74) is 1.16. The van der Waals surface area contributed by atoms with Crippen LogP contribution in [0.1, 0.15) is 26.3 Å². The Bertz CT molecular complexity index is 752. The number of ketones is 1. The molecular formula is C16H10ClNO3. The highest BCUT2D eigenvalue weighted by molar-refractivity contribution is 6.49. The Morgan fingerprint density at radius 3 is 2.10 bits per heavy atom. The van der Waals surface area contributed by atoms with Gasteiger partial charge in [0.1, 0.15) is 0 Å². The van der Waals surface area contributed by atoms with Crippen LogP contribution in [0.5, 0.6) is 0 Å². The van der Waals surface area contributed by atoms with E-state index < -0.39 is 17.6 Å². The molecule has 0 aliphatic carbocycles. The van der Waals surface area contributed by atoms with E-state index in [0.29, 0.717) is 5.02 Å². The topological polar surface area (TPSA) is 54.5 Å². The minimum Gasteiger partial charge on any atom is -0.283 e. The second-order valence-electron chi connectivity index (χ2n) is 4.70. The summed E-state index contributed by atoms with van der Waals surface area (Å²) in [7, 11) is 0. The molecule has 0 bridgehead atoms. The van der Waals surface area contributed by atoms with Gasteiger partial charge in [0.25, 0.3) is 11.7 Å². The van der Waals surface area contributed by atoms with Gasteiger partial charge in [0.2, 0.25) is 0 Å². The van der Waals surface area contributed by atoms with Gasteiger partial charge in [0.15, 0.2) is 0 Å². The Kier molecular flexibility index (Phi) is 3.31. The molecule has 0 unspecified atom stereocenters. The molecule has 3 rings (SSSR count). The summed E-state index contributed by atoms with van der Waals surface area (Å²) in [6, 6.07) is 13.1. The van der Waals surface area contributed by atoms with Crippen LogP contribution in [0.3, 0.4) is 0 Å². The first-order valence-corrected chi connectivity index (χ1v) is 6.70. The van der Waals surface area contributed by atoms with E-state index in [4.69, 9.17) is 11.6 Å². The van der Waals surface area contributed by atoms with Crippen molar-refractivity contribution in [3.63, 3.8) is 0 Å². The van der Waals surface area contributed by atoms with Crippen molar-refractivity contribution in [2.75, 3.05) is 0 Å². The molecule has 1 heterocycles. The molecule has 0 N–H and O–H groups in total. The average Bonchev–Trinajstić information content (AvgIpc) is 2.51. The molecule has 21 heavy (non-hydrogen) atoms. The van der Waals surface area contributed by atoms with Crippen LogP contribution in [0.25, 0.3) is 0 Å². The fourth-order valence-electron chi connectivity index (χ4n) is 2.26. The number of halogens is 1. The Hall–Kier alpha value is -2.46. The third-order valence-corrected chi connectivity index (χ3v) is 3.59. The molecule has 0 saturated carbocycles. The number of hydrogen-bond donors (Lipinski definition) is 0. The lowest BCUT2D eigenvalue weighted by Gasteiger charge is -2.25. The molecule has 1 aliphatic rings. The van der Waals surface area contributed by atoms with Gasteiger partial charge < -0.3 is 0 Å². The maximum Gasteiger partial charge on any atom is 0.302 e. The van der Waals surface area contributed by atoms with Gasteiger partial charge in [0, 0.05) is 10.6 Å². The van der Waals surface area contributed by atoms with E-state index in [1.807, 2.05) is 0 Å². The molecule has 0 aromatic heterocycles. The first-order chi connectivity index (χ1) is 10.1. The molecule has 4 nitrogen and oxygen atoms in total. The predicted molar refractivity (Wildman–Crippen MR) is 77.1 cm³/mol. The summed E-state index contributed by atoms with van der Waals surface area (Å²) < 4.78 is 0. The number of rotatable bonds is 2. The number of nitrogens with zero attached hydrogens (tertiary/aromatic N) is 1. The zero-order valence-electron chi connectivity index (χ0n) is 10.9. The quantitative estimate of drug-likeness (QED) is 0.633. The van der Waals surface area contributed by atoms with Crippen molar-refractivity contribution in [1.29, 1.82) is 0 Å². The molecule has 0 saturated heterocycles. The Morgan fingerprint density at radius 1 is 0.810 bits per heavy atom. The van der Waals surface area contributed by atoms with Crippen molar-refractivity contribution in [3.8, 4) is 0 Å². The van der Waals surface area contributed by atoms with Crippen LogP contribution in [-0.4, -0.2) is 22.5 Å². The van der Waals surface area contributed by atoms with Crippen LogP contribution in [0.15, 0.2) is 48.5 Å². The van der Waals surface area contributed by atoms with Crippen LogP contribution >= 0.6 is 11.6 Å². The standard InChI is InChI=1S/C16H10ClNO3/c17-11-7-5-10(6-8-11)9-18-15(20)13-4-2-1-3-12(13)14(19)16(18)21/h1-8H,9H2. The summed E-state index contributed by atoms with van der Waals surface area (Å²) in [6.45, 7) is 0.0505. The normalized spacial score (nSPS) is 14.3. The summed E-state index contributed by atoms with van der Waals surface area (Å²) in [4.78, 5) is 37.5. The van der Waals surface area contributed by atoms with E-state index in [-0.39, 0.29) is 17.7 Å². The van der Waals surface area contributed by atoms with Gasteiger partial charge in [-0.2, -0.15) is 0 Å². The molecule has 2 aromatic rings. The van der Waals surface area contributed by atoms with E-state index in [1.165, 1.54) is 6.07 Å².